The topological polar surface area (TPSA) is 51.8 Å². The first-order valence-electron chi connectivity index (χ1n) is 7.24. The van der Waals surface area contributed by atoms with Gasteiger partial charge in [0.1, 0.15) is 0 Å². The van der Waals surface area contributed by atoms with Gasteiger partial charge in [0.25, 0.3) is 0 Å². The van der Waals surface area contributed by atoms with Crippen molar-refractivity contribution in [3.8, 4) is 11.3 Å². The number of para-hydroxylation sites is 1. The summed E-state index contributed by atoms with van der Waals surface area (Å²) in [7, 11) is 0. The van der Waals surface area contributed by atoms with E-state index in [0.29, 0.717) is 12.5 Å². The molecule has 0 fully saturated rings. The van der Waals surface area contributed by atoms with Gasteiger partial charge in [-0.2, -0.15) is 0 Å². The van der Waals surface area contributed by atoms with Crippen LogP contribution in [0.2, 0.25) is 0 Å². The number of nitrogens with zero attached hydrogens (tertiary/aromatic N) is 2. The van der Waals surface area contributed by atoms with E-state index in [4.69, 9.17) is 10.7 Å². The largest absolute Gasteiger partial charge is 0.330 e. The van der Waals surface area contributed by atoms with E-state index in [0.717, 1.165) is 33.6 Å². The van der Waals surface area contributed by atoms with Crippen molar-refractivity contribution in [3.05, 3.63) is 46.4 Å². The summed E-state index contributed by atoms with van der Waals surface area (Å²) in [6.07, 6.45) is 2.76. The van der Waals surface area contributed by atoms with Gasteiger partial charge in [-0.15, -0.1) is 11.3 Å². The highest BCUT2D eigenvalue weighted by Crippen LogP contribution is 2.34. The molecule has 0 unspecified atom stereocenters. The third-order valence-corrected chi connectivity index (χ3v) is 4.86. The second-order valence-electron chi connectivity index (χ2n) is 5.43. The lowest BCUT2D eigenvalue weighted by Crippen LogP contribution is -2.01. The molecule has 0 bridgehead atoms. The number of hydrogen-bond donors (Lipinski definition) is 1. The van der Waals surface area contributed by atoms with Crippen molar-refractivity contribution in [1.82, 2.24) is 9.97 Å². The van der Waals surface area contributed by atoms with Gasteiger partial charge >= 0.3 is 0 Å². The van der Waals surface area contributed by atoms with E-state index < -0.39 is 0 Å². The minimum atomic E-state index is 0.454. The lowest BCUT2D eigenvalue weighted by Gasteiger charge is -2.06. The molecule has 0 amide bonds. The number of hydrogen-bond acceptors (Lipinski definition) is 4. The van der Waals surface area contributed by atoms with Crippen LogP contribution in [-0.2, 0) is 6.42 Å². The molecule has 0 saturated carbocycles. The lowest BCUT2D eigenvalue weighted by molar-refractivity contribution is 0.887. The molecule has 0 aliphatic heterocycles. The zero-order valence-electron chi connectivity index (χ0n) is 12.3. The number of nitrogens with two attached hydrogens (primary N) is 1. The average Bonchev–Trinajstić information content (AvgIpc) is 2.91. The predicted octanol–water partition coefficient (Wildman–Crippen LogP) is 3.98. The van der Waals surface area contributed by atoms with Crippen LogP contribution in [0.3, 0.4) is 0 Å². The lowest BCUT2D eigenvalue weighted by atomic mass is 10.1. The summed E-state index contributed by atoms with van der Waals surface area (Å²) in [6.45, 7) is 5.05. The van der Waals surface area contributed by atoms with Gasteiger partial charge in [0, 0.05) is 28.4 Å². The molecule has 108 valence electrons. The van der Waals surface area contributed by atoms with E-state index in [-0.39, 0.29) is 0 Å². The smallest absolute Gasteiger partial charge is 0.0948 e. The summed E-state index contributed by atoms with van der Waals surface area (Å²) >= 11 is 1.77. The summed E-state index contributed by atoms with van der Waals surface area (Å²) in [5.41, 5.74) is 8.84. The van der Waals surface area contributed by atoms with E-state index in [1.165, 1.54) is 4.88 Å². The Labute approximate surface area is 128 Å². The minimum Gasteiger partial charge on any atom is -0.330 e. The summed E-state index contributed by atoms with van der Waals surface area (Å²) in [5, 5.41) is 2.27. The van der Waals surface area contributed by atoms with Crippen LogP contribution >= 0.6 is 11.3 Å². The van der Waals surface area contributed by atoms with Gasteiger partial charge in [0.05, 0.1) is 16.2 Å². The van der Waals surface area contributed by atoms with Crippen LogP contribution < -0.4 is 5.73 Å². The van der Waals surface area contributed by atoms with Crippen LogP contribution in [0, 0.1) is 0 Å². The Morgan fingerprint density at radius 3 is 2.81 bits per heavy atom. The molecule has 2 N–H and O–H groups in total. The number of aromatic nitrogens is 2. The van der Waals surface area contributed by atoms with Gasteiger partial charge in [-0.05, 0) is 24.6 Å². The Morgan fingerprint density at radius 1 is 1.24 bits per heavy atom. The van der Waals surface area contributed by atoms with Crippen LogP contribution in [0.15, 0.2) is 36.5 Å². The SMILES string of the molecule is CC(C)c1sc(CCN)nc1-c1cnc2ccccc2c1. The van der Waals surface area contributed by atoms with Gasteiger partial charge < -0.3 is 5.73 Å². The second-order valence-corrected chi connectivity index (χ2v) is 6.55. The summed E-state index contributed by atoms with van der Waals surface area (Å²) in [6, 6.07) is 10.3. The normalized spacial score (nSPS) is 11.4. The van der Waals surface area contributed by atoms with Crippen LogP contribution in [0.1, 0.15) is 29.7 Å². The number of pyridine rings is 1. The Balaban J connectivity index is 2.12. The first-order valence-corrected chi connectivity index (χ1v) is 8.05. The predicted molar refractivity (Wildman–Crippen MR) is 89.7 cm³/mol. The molecule has 0 spiro atoms. The van der Waals surface area contributed by atoms with Gasteiger partial charge in [-0.3, -0.25) is 4.98 Å². The van der Waals surface area contributed by atoms with Crippen LogP contribution in [0.5, 0.6) is 0 Å². The zero-order valence-corrected chi connectivity index (χ0v) is 13.2. The highest BCUT2D eigenvalue weighted by atomic mass is 32.1. The molecule has 4 heteroatoms. The number of rotatable bonds is 4. The van der Waals surface area contributed by atoms with Crippen LogP contribution in [0.4, 0.5) is 0 Å². The number of benzene rings is 1. The van der Waals surface area contributed by atoms with Gasteiger partial charge in [-0.1, -0.05) is 32.0 Å². The molecule has 0 saturated heterocycles. The molecule has 2 aromatic heterocycles. The average molecular weight is 297 g/mol. The van der Waals surface area contributed by atoms with Crippen molar-refractivity contribution in [2.75, 3.05) is 6.54 Å². The molecule has 3 aromatic rings. The number of thiazole rings is 1. The maximum absolute atomic E-state index is 5.66. The molecule has 21 heavy (non-hydrogen) atoms. The molecule has 3 nitrogen and oxygen atoms in total. The maximum Gasteiger partial charge on any atom is 0.0948 e. The van der Waals surface area contributed by atoms with Gasteiger partial charge in [-0.25, -0.2) is 4.98 Å². The Hall–Kier alpha value is -1.78. The third-order valence-electron chi connectivity index (χ3n) is 3.44. The Morgan fingerprint density at radius 2 is 2.05 bits per heavy atom. The third kappa shape index (κ3) is 2.82. The van der Waals surface area contributed by atoms with E-state index in [2.05, 4.69) is 31.0 Å². The summed E-state index contributed by atoms with van der Waals surface area (Å²) < 4.78 is 0. The highest BCUT2D eigenvalue weighted by Gasteiger charge is 2.16. The first-order chi connectivity index (χ1) is 10.2. The molecule has 0 atom stereocenters. The Kier molecular flexibility index (Phi) is 3.99. The summed E-state index contributed by atoms with van der Waals surface area (Å²) in [4.78, 5) is 10.7. The zero-order chi connectivity index (χ0) is 14.8. The van der Waals surface area contributed by atoms with Crippen molar-refractivity contribution < 1.29 is 0 Å². The fourth-order valence-corrected chi connectivity index (χ4v) is 3.51. The van der Waals surface area contributed by atoms with Crippen molar-refractivity contribution in [1.29, 1.82) is 0 Å². The molecular formula is C17H19N3S. The highest BCUT2D eigenvalue weighted by molar-refractivity contribution is 7.12. The van der Waals surface area contributed by atoms with Crippen molar-refractivity contribution in [2.45, 2.75) is 26.2 Å². The molecule has 0 aliphatic rings. The van der Waals surface area contributed by atoms with E-state index in [1.54, 1.807) is 11.3 Å². The standard InChI is InChI=1S/C17H19N3S/c1-11(2)17-16(20-15(21-17)7-8-18)13-9-12-5-3-4-6-14(12)19-10-13/h3-6,9-11H,7-8,18H2,1-2H3. The van der Waals surface area contributed by atoms with Crippen molar-refractivity contribution >= 4 is 22.2 Å². The van der Waals surface area contributed by atoms with Crippen LogP contribution in [0.25, 0.3) is 22.2 Å². The number of fused-ring (bicyclic) bond motifs is 1. The maximum atomic E-state index is 5.66. The van der Waals surface area contributed by atoms with E-state index in [1.807, 2.05) is 24.4 Å². The quantitative estimate of drug-likeness (QED) is 0.792. The molecule has 0 radical (unpaired) electrons. The molecule has 0 aliphatic carbocycles. The molecule has 3 rings (SSSR count). The molecule has 2 heterocycles. The van der Waals surface area contributed by atoms with E-state index >= 15 is 0 Å². The minimum absolute atomic E-state index is 0.454. The first kappa shape index (κ1) is 14.2. The summed E-state index contributed by atoms with van der Waals surface area (Å²) in [5.74, 6) is 0.454. The molecular weight excluding hydrogens is 278 g/mol. The van der Waals surface area contributed by atoms with Crippen molar-refractivity contribution in [3.63, 3.8) is 0 Å². The van der Waals surface area contributed by atoms with Crippen LogP contribution in [-0.4, -0.2) is 16.5 Å². The molecule has 1 aromatic carbocycles. The fraction of sp³-hybridized carbons (Fsp3) is 0.294. The second kappa shape index (κ2) is 5.92. The van der Waals surface area contributed by atoms with Gasteiger partial charge in [0.15, 0.2) is 0 Å². The Bertz CT molecular complexity index is 762. The fourth-order valence-electron chi connectivity index (χ4n) is 2.41. The van der Waals surface area contributed by atoms with Crippen molar-refractivity contribution in [2.24, 2.45) is 5.73 Å². The van der Waals surface area contributed by atoms with Gasteiger partial charge in [0.2, 0.25) is 0 Å². The monoisotopic (exact) mass is 297 g/mol. The van der Waals surface area contributed by atoms with E-state index in [9.17, 15) is 0 Å².